The van der Waals surface area contributed by atoms with Crippen LogP contribution in [-0.4, -0.2) is 53.9 Å². The van der Waals surface area contributed by atoms with Gasteiger partial charge in [-0.1, -0.05) is 13.3 Å². The van der Waals surface area contributed by atoms with E-state index in [1.54, 1.807) is 0 Å². The minimum absolute atomic E-state index is 0.000687. The minimum Gasteiger partial charge on any atom is -0.393 e. The molecule has 1 saturated heterocycles. The number of aliphatic hydroxyl groups is 1. The van der Waals surface area contributed by atoms with E-state index in [2.05, 4.69) is 29.4 Å². The van der Waals surface area contributed by atoms with Gasteiger partial charge in [-0.15, -0.1) is 0 Å². The van der Waals surface area contributed by atoms with Gasteiger partial charge in [0.2, 0.25) is 0 Å². The maximum absolute atomic E-state index is 11.7. The second-order valence-electron chi connectivity index (χ2n) is 6.32. The van der Waals surface area contributed by atoms with Gasteiger partial charge < -0.3 is 15.7 Å². The summed E-state index contributed by atoms with van der Waals surface area (Å²) >= 11 is 0. The molecule has 2 amide bonds. The van der Waals surface area contributed by atoms with Gasteiger partial charge in [-0.3, -0.25) is 4.90 Å². The smallest absolute Gasteiger partial charge is 0.314 e. The molecule has 0 aliphatic carbocycles. The van der Waals surface area contributed by atoms with Crippen LogP contribution in [0.2, 0.25) is 0 Å². The van der Waals surface area contributed by atoms with Gasteiger partial charge in [0.05, 0.1) is 6.10 Å². The molecule has 1 atom stereocenters. The lowest BCUT2D eigenvalue weighted by molar-refractivity contribution is 0.0959. The largest absolute Gasteiger partial charge is 0.393 e. The van der Waals surface area contributed by atoms with Crippen molar-refractivity contribution in [2.75, 3.05) is 26.2 Å². The van der Waals surface area contributed by atoms with Crippen LogP contribution in [0, 0.1) is 0 Å². The van der Waals surface area contributed by atoms with Gasteiger partial charge in [0.15, 0.2) is 0 Å². The molecular weight excluding hydrogens is 254 g/mol. The van der Waals surface area contributed by atoms with Crippen molar-refractivity contribution in [2.45, 2.75) is 64.5 Å². The lowest BCUT2D eigenvalue weighted by Crippen LogP contribution is -2.54. The zero-order chi connectivity index (χ0) is 15.0. The standard InChI is InChI=1S/C15H31N3O2/c1-4-13(19)8-9-16-14(20)17-12-15(2,3)18-10-6-5-7-11-18/h13,19H,4-12H2,1-3H3,(H2,16,17,20). The summed E-state index contributed by atoms with van der Waals surface area (Å²) in [4.78, 5) is 14.2. The van der Waals surface area contributed by atoms with E-state index in [0.29, 0.717) is 19.5 Å². The van der Waals surface area contributed by atoms with Gasteiger partial charge in [-0.05, 0) is 52.6 Å². The van der Waals surface area contributed by atoms with Crippen LogP contribution in [0.4, 0.5) is 4.79 Å². The van der Waals surface area contributed by atoms with Crippen LogP contribution >= 0.6 is 0 Å². The second kappa shape index (κ2) is 8.47. The Kier molecular flexibility index (Phi) is 7.30. The third-order valence-corrected chi connectivity index (χ3v) is 4.13. The summed E-state index contributed by atoms with van der Waals surface area (Å²) in [5.74, 6) is 0. The first kappa shape index (κ1) is 17.2. The fraction of sp³-hybridized carbons (Fsp3) is 0.933. The van der Waals surface area contributed by atoms with Gasteiger partial charge in [0, 0.05) is 18.6 Å². The topological polar surface area (TPSA) is 64.6 Å². The van der Waals surface area contributed by atoms with Crippen molar-refractivity contribution in [1.82, 2.24) is 15.5 Å². The highest BCUT2D eigenvalue weighted by Gasteiger charge is 2.28. The Hall–Kier alpha value is -0.810. The molecule has 1 aliphatic heterocycles. The Balaban J connectivity index is 2.21. The zero-order valence-corrected chi connectivity index (χ0v) is 13.2. The zero-order valence-electron chi connectivity index (χ0n) is 13.2. The molecule has 0 aromatic heterocycles. The molecule has 1 unspecified atom stereocenters. The summed E-state index contributed by atoms with van der Waals surface area (Å²) in [7, 11) is 0. The van der Waals surface area contributed by atoms with E-state index >= 15 is 0 Å². The number of nitrogens with one attached hydrogen (secondary N) is 2. The van der Waals surface area contributed by atoms with E-state index < -0.39 is 0 Å². The highest BCUT2D eigenvalue weighted by molar-refractivity contribution is 5.73. The molecule has 0 aromatic rings. The number of hydrogen-bond donors (Lipinski definition) is 3. The van der Waals surface area contributed by atoms with Crippen LogP contribution in [0.5, 0.6) is 0 Å². The predicted octanol–water partition coefficient (Wildman–Crippen LogP) is 1.71. The maximum Gasteiger partial charge on any atom is 0.314 e. The number of piperidine rings is 1. The molecule has 5 nitrogen and oxygen atoms in total. The van der Waals surface area contributed by atoms with Crippen molar-refractivity contribution in [3.05, 3.63) is 0 Å². The number of rotatable bonds is 7. The molecule has 0 radical (unpaired) electrons. The van der Waals surface area contributed by atoms with Gasteiger partial charge in [-0.2, -0.15) is 0 Å². The van der Waals surface area contributed by atoms with Crippen molar-refractivity contribution in [1.29, 1.82) is 0 Å². The average Bonchev–Trinajstić information content (AvgIpc) is 2.46. The average molecular weight is 285 g/mol. The monoisotopic (exact) mass is 285 g/mol. The van der Waals surface area contributed by atoms with Crippen molar-refractivity contribution in [3.8, 4) is 0 Å². The number of amides is 2. The van der Waals surface area contributed by atoms with Gasteiger partial charge in [-0.25, -0.2) is 4.79 Å². The first-order valence-corrected chi connectivity index (χ1v) is 7.90. The van der Waals surface area contributed by atoms with Crippen LogP contribution in [0.1, 0.15) is 52.9 Å². The summed E-state index contributed by atoms with van der Waals surface area (Å²) in [5.41, 5.74) is 0.000687. The van der Waals surface area contributed by atoms with Crippen molar-refractivity contribution in [2.24, 2.45) is 0 Å². The molecule has 0 spiro atoms. The number of carbonyl (C=O) groups excluding carboxylic acids is 1. The Morgan fingerprint density at radius 3 is 2.50 bits per heavy atom. The van der Waals surface area contributed by atoms with Gasteiger partial charge in [0.1, 0.15) is 0 Å². The molecule has 1 aliphatic rings. The SMILES string of the molecule is CCC(O)CCNC(=O)NCC(C)(C)N1CCCCC1. The number of aliphatic hydroxyl groups excluding tert-OH is 1. The summed E-state index contributed by atoms with van der Waals surface area (Å²) < 4.78 is 0. The van der Waals surface area contributed by atoms with Gasteiger partial charge in [0.25, 0.3) is 0 Å². The molecule has 3 N–H and O–H groups in total. The highest BCUT2D eigenvalue weighted by atomic mass is 16.3. The first-order valence-electron chi connectivity index (χ1n) is 7.90. The lowest BCUT2D eigenvalue weighted by Gasteiger charge is -2.41. The molecule has 0 bridgehead atoms. The molecule has 5 heteroatoms. The van der Waals surface area contributed by atoms with E-state index in [-0.39, 0.29) is 17.7 Å². The minimum atomic E-state index is -0.319. The van der Waals surface area contributed by atoms with E-state index in [0.717, 1.165) is 19.5 Å². The number of hydrogen-bond acceptors (Lipinski definition) is 3. The summed E-state index contributed by atoms with van der Waals surface area (Å²) in [6.45, 7) is 9.71. The number of urea groups is 1. The van der Waals surface area contributed by atoms with Crippen LogP contribution < -0.4 is 10.6 Å². The predicted molar refractivity (Wildman–Crippen MR) is 81.8 cm³/mol. The van der Waals surface area contributed by atoms with Gasteiger partial charge >= 0.3 is 6.03 Å². The van der Waals surface area contributed by atoms with E-state index in [9.17, 15) is 9.90 Å². The van der Waals surface area contributed by atoms with E-state index in [1.807, 2.05) is 6.92 Å². The fourth-order valence-electron chi connectivity index (χ4n) is 2.53. The number of nitrogens with zero attached hydrogens (tertiary/aromatic N) is 1. The molecule has 0 aromatic carbocycles. The number of likely N-dealkylation sites (tertiary alicyclic amines) is 1. The van der Waals surface area contributed by atoms with Crippen LogP contribution in [0.3, 0.4) is 0 Å². The van der Waals surface area contributed by atoms with Crippen LogP contribution in [-0.2, 0) is 0 Å². The summed E-state index contributed by atoms with van der Waals surface area (Å²) in [5, 5.41) is 15.2. The lowest BCUT2D eigenvalue weighted by atomic mass is 9.98. The van der Waals surface area contributed by atoms with E-state index in [1.165, 1.54) is 19.3 Å². The number of carbonyl (C=O) groups is 1. The van der Waals surface area contributed by atoms with E-state index in [4.69, 9.17) is 0 Å². The molecule has 1 heterocycles. The second-order valence-corrected chi connectivity index (χ2v) is 6.32. The molecule has 0 saturated carbocycles. The molecule has 1 rings (SSSR count). The Morgan fingerprint density at radius 2 is 1.90 bits per heavy atom. The van der Waals surface area contributed by atoms with Crippen molar-refractivity contribution < 1.29 is 9.90 Å². The molecule has 118 valence electrons. The van der Waals surface area contributed by atoms with Crippen molar-refractivity contribution in [3.63, 3.8) is 0 Å². The van der Waals surface area contributed by atoms with Crippen LogP contribution in [0.25, 0.3) is 0 Å². The third-order valence-electron chi connectivity index (χ3n) is 4.13. The molecule has 20 heavy (non-hydrogen) atoms. The molecular formula is C15H31N3O2. The first-order chi connectivity index (χ1) is 9.45. The Bertz CT molecular complexity index is 289. The Labute approximate surface area is 123 Å². The summed E-state index contributed by atoms with van der Waals surface area (Å²) in [6.07, 6.45) is 4.85. The van der Waals surface area contributed by atoms with Crippen LogP contribution in [0.15, 0.2) is 0 Å². The molecule has 1 fully saturated rings. The fourth-order valence-corrected chi connectivity index (χ4v) is 2.53. The Morgan fingerprint density at radius 1 is 1.25 bits per heavy atom. The quantitative estimate of drug-likeness (QED) is 0.667. The third kappa shape index (κ3) is 6.09. The maximum atomic E-state index is 11.7. The normalized spacial score (nSPS) is 18.6. The summed E-state index contributed by atoms with van der Waals surface area (Å²) in [6, 6.07) is -0.140. The highest BCUT2D eigenvalue weighted by Crippen LogP contribution is 2.19. The van der Waals surface area contributed by atoms with Crippen molar-refractivity contribution >= 4 is 6.03 Å².